The Morgan fingerprint density at radius 3 is 2.65 bits per heavy atom. The molecule has 1 aromatic carbocycles. The van der Waals surface area contributed by atoms with E-state index in [1.807, 2.05) is 43.1 Å². The second kappa shape index (κ2) is 8.62. The minimum Gasteiger partial charge on any atom is -0.493 e. The van der Waals surface area contributed by atoms with Crippen molar-refractivity contribution in [3.05, 3.63) is 29.8 Å². The van der Waals surface area contributed by atoms with E-state index >= 15 is 0 Å². The molecule has 0 saturated carbocycles. The Hall–Kier alpha value is -1.51. The van der Waals surface area contributed by atoms with Crippen LogP contribution in [0.2, 0.25) is 0 Å². The average Bonchev–Trinajstić information content (AvgIpc) is 2.42. The van der Waals surface area contributed by atoms with Gasteiger partial charge in [0.05, 0.1) is 6.61 Å². The Bertz CT molecular complexity index is 415. The average molecular weight is 277 g/mol. The largest absolute Gasteiger partial charge is 0.493 e. The molecule has 0 atom stereocenters. The van der Waals surface area contributed by atoms with Crippen LogP contribution in [0.1, 0.15) is 38.7 Å². The van der Waals surface area contributed by atoms with E-state index in [9.17, 15) is 4.79 Å². The van der Waals surface area contributed by atoms with Gasteiger partial charge in [0.15, 0.2) is 0 Å². The van der Waals surface area contributed by atoms with Crippen molar-refractivity contribution in [1.82, 2.24) is 4.90 Å². The molecule has 20 heavy (non-hydrogen) atoms. The first kappa shape index (κ1) is 16.5. The summed E-state index contributed by atoms with van der Waals surface area (Å²) in [5.41, 5.74) is 1.13. The van der Waals surface area contributed by atoms with Crippen molar-refractivity contribution in [2.75, 3.05) is 20.2 Å². The fraction of sp³-hybridized carbons (Fsp3) is 0.588. The zero-order valence-electron chi connectivity index (χ0n) is 13.2. The van der Waals surface area contributed by atoms with E-state index in [1.54, 1.807) is 0 Å². The maximum absolute atomic E-state index is 11.9. The van der Waals surface area contributed by atoms with E-state index in [-0.39, 0.29) is 5.91 Å². The molecule has 0 aliphatic carbocycles. The van der Waals surface area contributed by atoms with E-state index in [0.29, 0.717) is 18.9 Å². The van der Waals surface area contributed by atoms with Crippen LogP contribution in [-0.2, 0) is 4.79 Å². The van der Waals surface area contributed by atoms with Crippen LogP contribution in [0.15, 0.2) is 24.3 Å². The Labute approximate surface area is 122 Å². The number of benzene rings is 1. The number of nitrogens with zero attached hydrogens (tertiary/aromatic N) is 1. The molecular weight excluding hydrogens is 250 g/mol. The van der Waals surface area contributed by atoms with Crippen LogP contribution < -0.4 is 4.74 Å². The molecule has 0 aromatic heterocycles. The smallest absolute Gasteiger partial charge is 0.222 e. The predicted octanol–water partition coefficient (Wildman–Crippen LogP) is 3.66. The number of amides is 1. The molecule has 112 valence electrons. The van der Waals surface area contributed by atoms with Crippen LogP contribution in [0.3, 0.4) is 0 Å². The lowest BCUT2D eigenvalue weighted by Gasteiger charge is -2.18. The van der Waals surface area contributed by atoms with Crippen molar-refractivity contribution in [2.45, 2.75) is 40.0 Å². The highest BCUT2D eigenvalue weighted by molar-refractivity contribution is 5.75. The van der Waals surface area contributed by atoms with Gasteiger partial charge in [0.1, 0.15) is 5.75 Å². The van der Waals surface area contributed by atoms with Gasteiger partial charge in [0.2, 0.25) is 5.91 Å². The molecule has 3 nitrogen and oxygen atoms in total. The van der Waals surface area contributed by atoms with Gasteiger partial charge in [0, 0.05) is 20.0 Å². The highest BCUT2D eigenvalue weighted by atomic mass is 16.5. The van der Waals surface area contributed by atoms with Crippen LogP contribution in [0.5, 0.6) is 5.75 Å². The van der Waals surface area contributed by atoms with Gasteiger partial charge in [-0.05, 0) is 37.3 Å². The number of aryl methyl sites for hydroxylation is 1. The Balaban J connectivity index is 2.20. The van der Waals surface area contributed by atoms with Crippen molar-refractivity contribution in [2.24, 2.45) is 5.92 Å². The van der Waals surface area contributed by atoms with E-state index in [2.05, 4.69) is 13.8 Å². The number of carbonyl (C=O) groups excluding carboxylic acids is 1. The number of ether oxygens (including phenoxy) is 1. The standard InChI is InChI=1S/C17H27NO2/c1-14(2)11-12-18(4)17(19)10-7-13-20-16-9-6-5-8-15(16)3/h5-6,8-9,14H,7,10-13H2,1-4H3. The monoisotopic (exact) mass is 277 g/mol. The van der Waals surface area contributed by atoms with Crippen molar-refractivity contribution >= 4 is 5.91 Å². The third kappa shape index (κ3) is 6.09. The first-order chi connectivity index (χ1) is 9.50. The highest BCUT2D eigenvalue weighted by Crippen LogP contribution is 2.16. The van der Waals surface area contributed by atoms with Crippen molar-refractivity contribution < 1.29 is 9.53 Å². The topological polar surface area (TPSA) is 29.5 Å². The molecule has 0 aliphatic rings. The number of hydrogen-bond acceptors (Lipinski definition) is 2. The zero-order chi connectivity index (χ0) is 15.0. The van der Waals surface area contributed by atoms with Crippen LogP contribution in [0.25, 0.3) is 0 Å². The van der Waals surface area contributed by atoms with Gasteiger partial charge in [-0.3, -0.25) is 4.79 Å². The Kier molecular flexibility index (Phi) is 7.13. The maximum Gasteiger partial charge on any atom is 0.222 e. The Morgan fingerprint density at radius 2 is 2.00 bits per heavy atom. The lowest BCUT2D eigenvalue weighted by Crippen LogP contribution is -2.28. The predicted molar refractivity (Wildman–Crippen MR) is 83.0 cm³/mol. The molecule has 0 N–H and O–H groups in total. The van der Waals surface area contributed by atoms with E-state index in [4.69, 9.17) is 4.74 Å². The lowest BCUT2D eigenvalue weighted by molar-refractivity contribution is -0.130. The van der Waals surface area contributed by atoms with Gasteiger partial charge in [-0.25, -0.2) is 0 Å². The summed E-state index contributed by atoms with van der Waals surface area (Å²) in [7, 11) is 1.88. The molecule has 0 heterocycles. The summed E-state index contributed by atoms with van der Waals surface area (Å²) < 4.78 is 5.69. The van der Waals surface area contributed by atoms with Crippen molar-refractivity contribution in [1.29, 1.82) is 0 Å². The molecule has 0 radical (unpaired) electrons. The molecule has 1 amide bonds. The molecule has 1 aromatic rings. The van der Waals surface area contributed by atoms with Crippen LogP contribution in [0, 0.1) is 12.8 Å². The second-order valence-electron chi connectivity index (χ2n) is 5.72. The van der Waals surface area contributed by atoms with E-state index in [0.717, 1.165) is 30.7 Å². The van der Waals surface area contributed by atoms with Gasteiger partial charge in [0.25, 0.3) is 0 Å². The minimum atomic E-state index is 0.207. The van der Waals surface area contributed by atoms with Gasteiger partial charge < -0.3 is 9.64 Å². The van der Waals surface area contributed by atoms with Gasteiger partial charge in [-0.15, -0.1) is 0 Å². The number of carbonyl (C=O) groups is 1. The van der Waals surface area contributed by atoms with Crippen LogP contribution in [-0.4, -0.2) is 31.0 Å². The third-order valence-corrected chi connectivity index (χ3v) is 3.35. The molecule has 1 rings (SSSR count). The fourth-order valence-corrected chi connectivity index (χ4v) is 1.89. The second-order valence-corrected chi connectivity index (χ2v) is 5.72. The zero-order valence-corrected chi connectivity index (χ0v) is 13.2. The van der Waals surface area contributed by atoms with Crippen molar-refractivity contribution in [3.8, 4) is 5.75 Å². The lowest BCUT2D eigenvalue weighted by atomic mass is 10.1. The van der Waals surface area contributed by atoms with Gasteiger partial charge in [-0.2, -0.15) is 0 Å². The number of rotatable bonds is 8. The van der Waals surface area contributed by atoms with Crippen molar-refractivity contribution in [3.63, 3.8) is 0 Å². The molecule has 3 heteroatoms. The van der Waals surface area contributed by atoms with Gasteiger partial charge in [-0.1, -0.05) is 32.0 Å². The molecule has 0 spiro atoms. The third-order valence-electron chi connectivity index (χ3n) is 3.35. The minimum absolute atomic E-state index is 0.207. The summed E-state index contributed by atoms with van der Waals surface area (Å²) in [5, 5.41) is 0. The highest BCUT2D eigenvalue weighted by Gasteiger charge is 2.09. The number of para-hydroxylation sites is 1. The van der Waals surface area contributed by atoms with E-state index < -0.39 is 0 Å². The quantitative estimate of drug-likeness (QED) is 0.679. The SMILES string of the molecule is Cc1ccccc1OCCCC(=O)N(C)CCC(C)C. The first-order valence-corrected chi connectivity index (χ1v) is 7.43. The van der Waals surface area contributed by atoms with E-state index in [1.165, 1.54) is 0 Å². The Morgan fingerprint density at radius 1 is 1.30 bits per heavy atom. The summed E-state index contributed by atoms with van der Waals surface area (Å²) in [5.74, 6) is 1.75. The molecule has 0 bridgehead atoms. The summed E-state index contributed by atoms with van der Waals surface area (Å²) in [6.07, 6.45) is 2.38. The summed E-state index contributed by atoms with van der Waals surface area (Å²) in [6, 6.07) is 7.95. The summed E-state index contributed by atoms with van der Waals surface area (Å²) in [6.45, 7) is 7.81. The normalized spacial score (nSPS) is 10.7. The van der Waals surface area contributed by atoms with Gasteiger partial charge >= 0.3 is 0 Å². The fourth-order valence-electron chi connectivity index (χ4n) is 1.89. The van der Waals surface area contributed by atoms with Crippen LogP contribution >= 0.6 is 0 Å². The molecule has 0 aliphatic heterocycles. The number of hydrogen-bond donors (Lipinski definition) is 0. The molecule has 0 unspecified atom stereocenters. The summed E-state index contributed by atoms with van der Waals surface area (Å²) >= 11 is 0. The van der Waals surface area contributed by atoms with Crippen LogP contribution in [0.4, 0.5) is 0 Å². The summed E-state index contributed by atoms with van der Waals surface area (Å²) in [4.78, 5) is 13.7. The molecule has 0 fully saturated rings. The maximum atomic E-state index is 11.9. The molecule has 0 saturated heterocycles. The molecular formula is C17H27NO2. The first-order valence-electron chi connectivity index (χ1n) is 7.43.